The molecule has 5 heteroatoms. The van der Waals surface area contributed by atoms with Crippen molar-refractivity contribution in [3.8, 4) is 0 Å². The highest BCUT2D eigenvalue weighted by atomic mass is 32.2. The van der Waals surface area contributed by atoms with Crippen LogP contribution >= 0.6 is 11.8 Å². The van der Waals surface area contributed by atoms with Crippen LogP contribution in [0.2, 0.25) is 0 Å². The van der Waals surface area contributed by atoms with Crippen molar-refractivity contribution in [1.29, 1.82) is 0 Å². The lowest BCUT2D eigenvalue weighted by Gasteiger charge is -2.33. The fourth-order valence-corrected chi connectivity index (χ4v) is 3.13. The number of hydrogen-bond donors (Lipinski definition) is 2. The molecule has 0 spiro atoms. The molecule has 0 aliphatic carbocycles. The van der Waals surface area contributed by atoms with Crippen molar-refractivity contribution in [2.45, 2.75) is 42.4 Å². The molecule has 1 saturated heterocycles. The number of carbonyl (C=O) groups is 1. The molecular formula is C16H24N2O2S. The fraction of sp³-hybridized carbons (Fsp3) is 0.562. The third-order valence-corrected chi connectivity index (χ3v) is 4.92. The highest BCUT2D eigenvalue weighted by Gasteiger charge is 2.29. The summed E-state index contributed by atoms with van der Waals surface area (Å²) in [6.07, 6.45) is 1.60. The van der Waals surface area contributed by atoms with E-state index in [1.165, 1.54) is 5.56 Å². The molecule has 1 aromatic rings. The van der Waals surface area contributed by atoms with Crippen molar-refractivity contribution in [2.24, 2.45) is 5.73 Å². The molecule has 21 heavy (non-hydrogen) atoms. The number of rotatable bonds is 5. The Labute approximate surface area is 130 Å². The molecule has 3 N–H and O–H groups in total. The van der Waals surface area contributed by atoms with Gasteiger partial charge in [0.1, 0.15) is 0 Å². The zero-order chi connectivity index (χ0) is 15.3. The Kier molecular flexibility index (Phi) is 5.67. The van der Waals surface area contributed by atoms with Crippen molar-refractivity contribution in [1.82, 2.24) is 5.32 Å². The van der Waals surface area contributed by atoms with E-state index < -0.39 is 0 Å². The highest BCUT2D eigenvalue weighted by molar-refractivity contribution is 8.00. The predicted molar refractivity (Wildman–Crippen MR) is 86.5 cm³/mol. The van der Waals surface area contributed by atoms with Crippen LogP contribution in [0.3, 0.4) is 0 Å². The lowest BCUT2D eigenvalue weighted by Crippen LogP contribution is -2.54. The van der Waals surface area contributed by atoms with E-state index in [2.05, 4.69) is 24.4 Å². The Bertz CT molecular complexity index is 470. The largest absolute Gasteiger partial charge is 0.381 e. The molecule has 1 fully saturated rings. The van der Waals surface area contributed by atoms with Gasteiger partial charge < -0.3 is 15.8 Å². The molecule has 1 amide bonds. The fourth-order valence-electron chi connectivity index (χ4n) is 2.24. The Hall–Kier alpha value is -1.04. The van der Waals surface area contributed by atoms with Gasteiger partial charge in [-0.15, -0.1) is 11.8 Å². The summed E-state index contributed by atoms with van der Waals surface area (Å²) in [4.78, 5) is 13.3. The quantitative estimate of drug-likeness (QED) is 0.818. The SMILES string of the molecule is Cc1ccc(SC(C)C(=O)NCC2(N)CCOCC2)cc1. The van der Waals surface area contributed by atoms with E-state index in [1.54, 1.807) is 11.8 Å². The second-order valence-corrected chi connectivity index (χ2v) is 7.18. The number of thioether (sulfide) groups is 1. The molecule has 1 aliphatic heterocycles. The summed E-state index contributed by atoms with van der Waals surface area (Å²) in [5.74, 6) is 0.0388. The van der Waals surface area contributed by atoms with Crippen molar-refractivity contribution in [3.63, 3.8) is 0 Å². The van der Waals surface area contributed by atoms with Crippen LogP contribution in [0.15, 0.2) is 29.2 Å². The van der Waals surface area contributed by atoms with Crippen molar-refractivity contribution < 1.29 is 9.53 Å². The standard InChI is InChI=1S/C16H24N2O2S/c1-12-3-5-14(6-4-12)21-13(2)15(19)18-11-16(17)7-9-20-10-8-16/h3-6,13H,7-11,17H2,1-2H3,(H,18,19). The maximum atomic E-state index is 12.2. The van der Waals surface area contributed by atoms with Gasteiger partial charge in [0, 0.05) is 30.2 Å². The van der Waals surface area contributed by atoms with Gasteiger partial charge in [-0.2, -0.15) is 0 Å². The van der Waals surface area contributed by atoms with Crippen molar-refractivity contribution >= 4 is 17.7 Å². The van der Waals surface area contributed by atoms with Gasteiger partial charge in [0.15, 0.2) is 0 Å². The van der Waals surface area contributed by atoms with Crippen LogP contribution in [0, 0.1) is 6.92 Å². The summed E-state index contributed by atoms with van der Waals surface area (Å²) in [5, 5.41) is 2.86. The molecule has 2 rings (SSSR count). The van der Waals surface area contributed by atoms with E-state index in [0.29, 0.717) is 19.8 Å². The van der Waals surface area contributed by atoms with Crippen LogP contribution in [0.4, 0.5) is 0 Å². The summed E-state index contributed by atoms with van der Waals surface area (Å²) in [6.45, 7) is 5.86. The van der Waals surface area contributed by atoms with Crippen LogP contribution < -0.4 is 11.1 Å². The summed E-state index contributed by atoms with van der Waals surface area (Å²) in [5.41, 5.74) is 7.18. The molecule has 1 atom stereocenters. The lowest BCUT2D eigenvalue weighted by atomic mass is 9.91. The first-order valence-electron chi connectivity index (χ1n) is 7.36. The molecule has 1 heterocycles. The maximum absolute atomic E-state index is 12.2. The van der Waals surface area contributed by atoms with E-state index >= 15 is 0 Å². The van der Waals surface area contributed by atoms with E-state index in [4.69, 9.17) is 10.5 Å². The minimum absolute atomic E-state index is 0.0388. The Morgan fingerprint density at radius 1 is 1.38 bits per heavy atom. The van der Waals surface area contributed by atoms with Crippen molar-refractivity contribution in [2.75, 3.05) is 19.8 Å². The van der Waals surface area contributed by atoms with E-state index in [1.807, 2.05) is 19.1 Å². The Balaban J connectivity index is 1.80. The van der Waals surface area contributed by atoms with Crippen LogP contribution in [-0.2, 0) is 9.53 Å². The number of amides is 1. The van der Waals surface area contributed by atoms with Gasteiger partial charge in [-0.1, -0.05) is 17.7 Å². The molecule has 0 radical (unpaired) electrons. The van der Waals surface area contributed by atoms with Gasteiger partial charge in [0.05, 0.1) is 5.25 Å². The number of benzene rings is 1. The minimum atomic E-state index is -0.317. The molecular weight excluding hydrogens is 284 g/mol. The van der Waals surface area contributed by atoms with Crippen LogP contribution in [-0.4, -0.2) is 36.5 Å². The maximum Gasteiger partial charge on any atom is 0.233 e. The number of ether oxygens (including phenoxy) is 1. The topological polar surface area (TPSA) is 64.4 Å². The Morgan fingerprint density at radius 3 is 2.62 bits per heavy atom. The molecule has 116 valence electrons. The normalized spacial score (nSPS) is 19.0. The zero-order valence-electron chi connectivity index (χ0n) is 12.7. The first-order valence-corrected chi connectivity index (χ1v) is 8.24. The zero-order valence-corrected chi connectivity index (χ0v) is 13.5. The molecule has 1 unspecified atom stereocenters. The highest BCUT2D eigenvalue weighted by Crippen LogP contribution is 2.24. The molecule has 1 aliphatic rings. The summed E-state index contributed by atoms with van der Waals surface area (Å²) in [7, 11) is 0. The van der Waals surface area contributed by atoms with Gasteiger partial charge >= 0.3 is 0 Å². The average Bonchev–Trinajstić information content (AvgIpc) is 2.48. The number of hydrogen-bond acceptors (Lipinski definition) is 4. The number of nitrogens with one attached hydrogen (secondary N) is 1. The second kappa shape index (κ2) is 7.29. The average molecular weight is 308 g/mol. The smallest absolute Gasteiger partial charge is 0.233 e. The van der Waals surface area contributed by atoms with E-state index in [-0.39, 0.29) is 16.7 Å². The number of aryl methyl sites for hydroxylation is 1. The predicted octanol–water partition coefficient (Wildman–Crippen LogP) is 2.10. The summed E-state index contributed by atoms with van der Waals surface area (Å²) < 4.78 is 5.31. The third kappa shape index (κ3) is 5.02. The third-order valence-electron chi connectivity index (χ3n) is 3.81. The first kappa shape index (κ1) is 16.3. The molecule has 0 bridgehead atoms. The van der Waals surface area contributed by atoms with Gasteiger partial charge in [-0.05, 0) is 38.8 Å². The monoisotopic (exact) mass is 308 g/mol. The number of nitrogens with two attached hydrogens (primary N) is 1. The van der Waals surface area contributed by atoms with E-state index in [0.717, 1.165) is 17.7 Å². The van der Waals surface area contributed by atoms with Crippen LogP contribution in [0.25, 0.3) is 0 Å². The number of carbonyl (C=O) groups excluding carboxylic acids is 1. The molecule has 4 nitrogen and oxygen atoms in total. The lowest BCUT2D eigenvalue weighted by molar-refractivity contribution is -0.120. The minimum Gasteiger partial charge on any atom is -0.381 e. The van der Waals surface area contributed by atoms with Gasteiger partial charge in [-0.25, -0.2) is 0 Å². The van der Waals surface area contributed by atoms with Crippen LogP contribution in [0.1, 0.15) is 25.3 Å². The van der Waals surface area contributed by atoms with E-state index in [9.17, 15) is 4.79 Å². The Morgan fingerprint density at radius 2 is 2.00 bits per heavy atom. The molecule has 1 aromatic carbocycles. The molecule has 0 saturated carbocycles. The van der Waals surface area contributed by atoms with Gasteiger partial charge in [-0.3, -0.25) is 4.79 Å². The van der Waals surface area contributed by atoms with Gasteiger partial charge in [0.2, 0.25) is 5.91 Å². The summed E-state index contributed by atoms with van der Waals surface area (Å²) >= 11 is 1.57. The first-order chi connectivity index (χ1) is 9.98. The second-order valence-electron chi connectivity index (χ2n) is 5.77. The molecule has 0 aromatic heterocycles. The van der Waals surface area contributed by atoms with Crippen LogP contribution in [0.5, 0.6) is 0 Å². The van der Waals surface area contributed by atoms with Gasteiger partial charge in [0.25, 0.3) is 0 Å². The van der Waals surface area contributed by atoms with Crippen molar-refractivity contribution in [3.05, 3.63) is 29.8 Å². The summed E-state index contributed by atoms with van der Waals surface area (Å²) in [6, 6.07) is 8.22.